The highest BCUT2D eigenvalue weighted by molar-refractivity contribution is 6.30. The molecule has 2 nitrogen and oxygen atoms in total. The van der Waals surface area contributed by atoms with Gasteiger partial charge >= 0.3 is 0 Å². The number of ether oxygens (including phenoxy) is 1. The van der Waals surface area contributed by atoms with E-state index in [4.69, 9.17) is 22.1 Å². The second-order valence-corrected chi connectivity index (χ2v) is 4.78. The first-order chi connectivity index (χ1) is 7.43. The van der Waals surface area contributed by atoms with E-state index >= 15 is 0 Å². The molecule has 0 fully saturated rings. The minimum Gasteiger partial charge on any atom is -0.480 e. The highest BCUT2D eigenvalue weighted by Gasteiger charge is 2.28. The molecule has 0 radical (unpaired) electrons. The Morgan fingerprint density at radius 1 is 1.44 bits per heavy atom. The van der Waals surface area contributed by atoms with Crippen molar-refractivity contribution in [2.45, 2.75) is 19.4 Å². The van der Waals surface area contributed by atoms with Crippen LogP contribution in [0, 0.1) is 5.82 Å². The Morgan fingerprint density at radius 2 is 2.12 bits per heavy atom. The fourth-order valence-corrected chi connectivity index (χ4v) is 2.07. The van der Waals surface area contributed by atoms with Crippen LogP contribution in [0.2, 0.25) is 5.02 Å². The van der Waals surface area contributed by atoms with Gasteiger partial charge in [0.25, 0.3) is 0 Å². The van der Waals surface area contributed by atoms with Crippen LogP contribution in [0.1, 0.15) is 19.4 Å². The summed E-state index contributed by atoms with van der Waals surface area (Å²) in [5.41, 5.74) is 6.60. The molecule has 0 saturated carbocycles. The zero-order chi connectivity index (χ0) is 11.9. The van der Waals surface area contributed by atoms with Gasteiger partial charge in [-0.15, -0.1) is 0 Å². The van der Waals surface area contributed by atoms with Crippen molar-refractivity contribution in [3.8, 4) is 5.75 Å². The summed E-state index contributed by atoms with van der Waals surface area (Å²) in [5, 5.41) is 0.346. The molecule has 1 aromatic rings. The van der Waals surface area contributed by atoms with Crippen LogP contribution < -0.4 is 10.5 Å². The van der Waals surface area contributed by atoms with E-state index in [1.165, 1.54) is 6.07 Å². The van der Waals surface area contributed by atoms with Crippen LogP contribution in [0.15, 0.2) is 18.2 Å². The predicted octanol–water partition coefficient (Wildman–Crippen LogP) is 2.99. The van der Waals surface area contributed by atoms with Crippen molar-refractivity contribution in [1.82, 2.24) is 0 Å². The maximum Gasteiger partial charge on any atom is 0.167 e. The third-order valence-corrected chi connectivity index (χ3v) is 2.68. The molecule has 0 aromatic heterocycles. The van der Waals surface area contributed by atoms with Crippen LogP contribution in [0.25, 0.3) is 5.57 Å². The van der Waals surface area contributed by atoms with Gasteiger partial charge in [-0.05, 0) is 37.6 Å². The molecule has 0 amide bonds. The van der Waals surface area contributed by atoms with Gasteiger partial charge in [-0.1, -0.05) is 11.6 Å². The van der Waals surface area contributed by atoms with Gasteiger partial charge in [0, 0.05) is 17.1 Å². The Balaban J connectivity index is 2.64. The number of hydrogen-bond acceptors (Lipinski definition) is 2. The van der Waals surface area contributed by atoms with Crippen LogP contribution in [-0.2, 0) is 0 Å². The lowest BCUT2D eigenvalue weighted by Crippen LogP contribution is -2.30. The molecular formula is C12H13ClFNO. The lowest BCUT2D eigenvalue weighted by molar-refractivity contribution is 0.150. The molecule has 0 atom stereocenters. The van der Waals surface area contributed by atoms with Crippen LogP contribution in [-0.4, -0.2) is 12.1 Å². The quantitative estimate of drug-likeness (QED) is 0.820. The highest BCUT2D eigenvalue weighted by Crippen LogP contribution is 2.39. The van der Waals surface area contributed by atoms with Gasteiger partial charge in [0.1, 0.15) is 5.60 Å². The van der Waals surface area contributed by atoms with E-state index < -0.39 is 11.4 Å². The van der Waals surface area contributed by atoms with E-state index in [1.807, 2.05) is 19.9 Å². The average Bonchev–Trinajstić information content (AvgIpc) is 2.18. The van der Waals surface area contributed by atoms with E-state index in [0.29, 0.717) is 17.1 Å². The van der Waals surface area contributed by atoms with Gasteiger partial charge < -0.3 is 10.5 Å². The van der Waals surface area contributed by atoms with Gasteiger partial charge in [0.15, 0.2) is 11.6 Å². The van der Waals surface area contributed by atoms with Crippen LogP contribution in [0.5, 0.6) is 5.75 Å². The van der Waals surface area contributed by atoms with Crippen molar-refractivity contribution in [2.24, 2.45) is 5.73 Å². The highest BCUT2D eigenvalue weighted by atomic mass is 35.5. The predicted molar refractivity (Wildman–Crippen MR) is 63.1 cm³/mol. The minimum absolute atomic E-state index is 0.234. The van der Waals surface area contributed by atoms with Crippen molar-refractivity contribution in [1.29, 1.82) is 0 Å². The van der Waals surface area contributed by atoms with Gasteiger partial charge in [0.05, 0.1) is 0 Å². The van der Waals surface area contributed by atoms with Crippen LogP contribution in [0.3, 0.4) is 0 Å². The molecule has 1 aromatic carbocycles. The maximum absolute atomic E-state index is 13.7. The van der Waals surface area contributed by atoms with Crippen LogP contribution >= 0.6 is 11.6 Å². The summed E-state index contributed by atoms with van der Waals surface area (Å²) in [6.45, 7) is 4.05. The Kier molecular flexibility index (Phi) is 2.68. The Morgan fingerprint density at radius 3 is 2.75 bits per heavy atom. The summed E-state index contributed by atoms with van der Waals surface area (Å²) < 4.78 is 19.3. The summed E-state index contributed by atoms with van der Waals surface area (Å²) >= 11 is 5.81. The van der Waals surface area contributed by atoms with Crippen molar-refractivity contribution >= 4 is 17.2 Å². The molecule has 0 unspecified atom stereocenters. The average molecular weight is 242 g/mol. The monoisotopic (exact) mass is 241 g/mol. The third kappa shape index (κ3) is 1.93. The SMILES string of the molecule is CC1(C)C=C(CN)c2cc(Cl)cc(F)c2O1. The van der Waals surface area contributed by atoms with Crippen molar-refractivity contribution in [3.05, 3.63) is 34.6 Å². The fraction of sp³-hybridized carbons (Fsp3) is 0.333. The molecule has 4 heteroatoms. The smallest absolute Gasteiger partial charge is 0.167 e. The molecule has 16 heavy (non-hydrogen) atoms. The molecule has 0 saturated heterocycles. The number of fused-ring (bicyclic) bond motifs is 1. The van der Waals surface area contributed by atoms with Crippen molar-refractivity contribution in [2.75, 3.05) is 6.54 Å². The van der Waals surface area contributed by atoms with Gasteiger partial charge in [-0.2, -0.15) is 0 Å². The summed E-state index contributed by atoms with van der Waals surface area (Å²) in [4.78, 5) is 0. The molecule has 2 rings (SSSR count). The normalized spacial score (nSPS) is 17.4. The van der Waals surface area contributed by atoms with Crippen molar-refractivity contribution < 1.29 is 9.13 Å². The summed E-state index contributed by atoms with van der Waals surface area (Å²) in [5.74, 6) is -0.216. The van der Waals surface area contributed by atoms with Gasteiger partial charge in [-0.25, -0.2) is 4.39 Å². The Labute approximate surface area is 98.8 Å². The molecule has 2 N–H and O–H groups in total. The molecule has 1 heterocycles. The molecule has 1 aliphatic heterocycles. The van der Waals surface area contributed by atoms with E-state index in [2.05, 4.69) is 0 Å². The third-order valence-electron chi connectivity index (χ3n) is 2.46. The van der Waals surface area contributed by atoms with Crippen molar-refractivity contribution in [3.63, 3.8) is 0 Å². The Hall–Kier alpha value is -1.06. The first kappa shape index (κ1) is 11.4. The molecule has 1 aliphatic rings. The summed E-state index contributed by atoms with van der Waals surface area (Å²) in [6.07, 6.45) is 1.89. The maximum atomic E-state index is 13.7. The molecule has 0 spiro atoms. The first-order valence-corrected chi connectivity index (χ1v) is 5.41. The number of hydrogen-bond donors (Lipinski definition) is 1. The van der Waals surface area contributed by atoms with E-state index in [9.17, 15) is 4.39 Å². The zero-order valence-corrected chi connectivity index (χ0v) is 9.94. The minimum atomic E-state index is -0.545. The second-order valence-electron chi connectivity index (χ2n) is 4.34. The Bertz CT molecular complexity index is 468. The number of rotatable bonds is 1. The second kappa shape index (κ2) is 3.75. The number of benzene rings is 1. The van der Waals surface area contributed by atoms with Gasteiger partial charge in [-0.3, -0.25) is 0 Å². The lowest BCUT2D eigenvalue weighted by Gasteiger charge is -2.31. The zero-order valence-electron chi connectivity index (χ0n) is 9.18. The fourth-order valence-electron chi connectivity index (χ4n) is 1.86. The lowest BCUT2D eigenvalue weighted by atomic mass is 9.94. The molecule has 86 valence electrons. The standard InChI is InChI=1S/C12H13ClFNO/c1-12(2)5-7(6-15)9-3-8(13)4-10(14)11(9)16-12/h3-5H,6,15H2,1-2H3. The molecular weight excluding hydrogens is 229 g/mol. The van der Waals surface area contributed by atoms with Gasteiger partial charge in [0.2, 0.25) is 0 Å². The van der Waals surface area contributed by atoms with E-state index in [-0.39, 0.29) is 5.75 Å². The summed E-state index contributed by atoms with van der Waals surface area (Å²) in [6, 6.07) is 2.92. The topological polar surface area (TPSA) is 35.2 Å². The van der Waals surface area contributed by atoms with E-state index in [1.54, 1.807) is 6.07 Å². The largest absolute Gasteiger partial charge is 0.480 e. The molecule has 0 bridgehead atoms. The number of halogens is 2. The number of nitrogens with two attached hydrogens (primary N) is 1. The summed E-state index contributed by atoms with van der Waals surface area (Å²) in [7, 11) is 0. The first-order valence-electron chi connectivity index (χ1n) is 5.03. The molecule has 0 aliphatic carbocycles. The van der Waals surface area contributed by atoms with Crippen LogP contribution in [0.4, 0.5) is 4.39 Å². The van der Waals surface area contributed by atoms with E-state index in [0.717, 1.165) is 5.57 Å².